The van der Waals surface area contributed by atoms with Gasteiger partial charge in [0.1, 0.15) is 0 Å². The molecule has 0 aliphatic heterocycles. The number of nitrogens with one attached hydrogen (secondary N) is 1. The monoisotopic (exact) mass is 293 g/mol. The van der Waals surface area contributed by atoms with Gasteiger partial charge >= 0.3 is 0 Å². The van der Waals surface area contributed by atoms with Gasteiger partial charge in [0.25, 0.3) is 0 Å². The van der Waals surface area contributed by atoms with Gasteiger partial charge in [-0.15, -0.1) is 0 Å². The van der Waals surface area contributed by atoms with Crippen molar-refractivity contribution >= 4 is 0 Å². The highest BCUT2D eigenvalue weighted by molar-refractivity contribution is 5.32. The molecule has 0 saturated heterocycles. The van der Waals surface area contributed by atoms with Gasteiger partial charge in [0.05, 0.1) is 6.10 Å². The molecule has 1 atom stereocenters. The molecule has 2 N–H and O–H groups in total. The first-order valence-corrected chi connectivity index (χ1v) is 8.18. The maximum atomic E-state index is 10.3. The zero-order valence-corrected chi connectivity index (χ0v) is 13.8. The molecule has 0 radical (unpaired) electrons. The van der Waals surface area contributed by atoms with Gasteiger partial charge in [-0.25, -0.2) is 0 Å². The van der Waals surface area contributed by atoms with Crippen molar-refractivity contribution < 1.29 is 9.84 Å². The largest absolute Gasteiger partial charge is 0.388 e. The summed E-state index contributed by atoms with van der Waals surface area (Å²) in [5.74, 6) is 0. The minimum atomic E-state index is -0.377. The first kappa shape index (κ1) is 18.1. The van der Waals surface area contributed by atoms with Gasteiger partial charge < -0.3 is 15.2 Å². The van der Waals surface area contributed by atoms with Crippen LogP contribution in [-0.2, 0) is 4.74 Å². The van der Waals surface area contributed by atoms with Crippen LogP contribution in [0.15, 0.2) is 18.2 Å². The molecule has 3 heteroatoms. The molecule has 0 bridgehead atoms. The van der Waals surface area contributed by atoms with Gasteiger partial charge in [0.2, 0.25) is 0 Å². The van der Waals surface area contributed by atoms with E-state index in [0.29, 0.717) is 0 Å². The van der Waals surface area contributed by atoms with Crippen LogP contribution in [0.5, 0.6) is 0 Å². The SMILES string of the molecule is CCCCOCCCNCCC(O)c1cc(C)ccc1C. The average molecular weight is 293 g/mol. The lowest BCUT2D eigenvalue weighted by Crippen LogP contribution is -2.20. The standard InChI is InChI=1S/C18H31NO2/c1-4-5-12-21-13-6-10-19-11-9-18(20)17-14-15(2)7-8-16(17)3/h7-8,14,18-20H,4-6,9-13H2,1-3H3. The topological polar surface area (TPSA) is 41.5 Å². The van der Waals surface area contributed by atoms with E-state index in [1.807, 2.05) is 0 Å². The third kappa shape index (κ3) is 7.60. The molecule has 0 saturated carbocycles. The molecule has 1 rings (SSSR count). The van der Waals surface area contributed by atoms with Gasteiger partial charge in [0, 0.05) is 13.2 Å². The maximum absolute atomic E-state index is 10.3. The van der Waals surface area contributed by atoms with Gasteiger partial charge in [-0.3, -0.25) is 0 Å². The Balaban J connectivity index is 2.11. The number of unbranched alkanes of at least 4 members (excludes halogenated alkanes) is 1. The third-order valence-corrected chi connectivity index (χ3v) is 3.67. The van der Waals surface area contributed by atoms with Crippen molar-refractivity contribution in [2.45, 2.75) is 52.6 Å². The number of aliphatic hydroxyl groups excluding tert-OH is 1. The highest BCUT2D eigenvalue weighted by Gasteiger charge is 2.09. The predicted molar refractivity (Wildman–Crippen MR) is 88.7 cm³/mol. The predicted octanol–water partition coefficient (Wildman–Crippen LogP) is 3.52. The van der Waals surface area contributed by atoms with E-state index in [1.165, 1.54) is 12.0 Å². The third-order valence-electron chi connectivity index (χ3n) is 3.67. The van der Waals surface area contributed by atoms with Crippen molar-refractivity contribution in [2.75, 3.05) is 26.3 Å². The van der Waals surface area contributed by atoms with E-state index >= 15 is 0 Å². The summed E-state index contributed by atoms with van der Waals surface area (Å²) in [6.07, 6.45) is 3.74. The molecule has 21 heavy (non-hydrogen) atoms. The molecule has 0 spiro atoms. The van der Waals surface area contributed by atoms with Crippen LogP contribution in [0, 0.1) is 13.8 Å². The van der Waals surface area contributed by atoms with E-state index in [-0.39, 0.29) is 6.10 Å². The number of ether oxygens (including phenoxy) is 1. The molecule has 3 nitrogen and oxygen atoms in total. The van der Waals surface area contributed by atoms with E-state index in [2.05, 4.69) is 44.3 Å². The second-order valence-electron chi connectivity index (χ2n) is 5.73. The molecule has 0 fully saturated rings. The number of hydrogen-bond donors (Lipinski definition) is 2. The fourth-order valence-corrected chi connectivity index (χ4v) is 2.29. The zero-order valence-electron chi connectivity index (χ0n) is 13.8. The maximum Gasteiger partial charge on any atom is 0.0804 e. The van der Waals surface area contributed by atoms with Crippen molar-refractivity contribution in [3.05, 3.63) is 34.9 Å². The fourth-order valence-electron chi connectivity index (χ4n) is 2.29. The number of aliphatic hydroxyl groups is 1. The molecule has 0 aliphatic carbocycles. The Morgan fingerprint density at radius 1 is 1.14 bits per heavy atom. The van der Waals surface area contributed by atoms with E-state index in [4.69, 9.17) is 4.74 Å². The molecule has 1 aromatic rings. The van der Waals surface area contributed by atoms with Crippen LogP contribution in [0.4, 0.5) is 0 Å². The molecule has 0 amide bonds. The smallest absolute Gasteiger partial charge is 0.0804 e. The van der Waals surface area contributed by atoms with Crippen LogP contribution >= 0.6 is 0 Å². The molecule has 120 valence electrons. The Labute approximate surface area is 129 Å². The van der Waals surface area contributed by atoms with Crippen LogP contribution in [0.3, 0.4) is 0 Å². The normalized spacial score (nSPS) is 12.6. The summed E-state index contributed by atoms with van der Waals surface area (Å²) in [5.41, 5.74) is 3.42. The second kappa shape index (κ2) is 10.8. The number of benzene rings is 1. The first-order chi connectivity index (χ1) is 10.1. The lowest BCUT2D eigenvalue weighted by atomic mass is 9.99. The van der Waals surface area contributed by atoms with Crippen molar-refractivity contribution in [1.29, 1.82) is 0 Å². The molecule has 1 aromatic carbocycles. The Kier molecular flexibility index (Phi) is 9.31. The summed E-state index contributed by atoms with van der Waals surface area (Å²) in [6, 6.07) is 6.25. The average Bonchev–Trinajstić information content (AvgIpc) is 2.48. The number of hydrogen-bond acceptors (Lipinski definition) is 3. The van der Waals surface area contributed by atoms with Crippen LogP contribution in [0.2, 0.25) is 0 Å². The summed E-state index contributed by atoms with van der Waals surface area (Å²) in [6.45, 7) is 9.78. The Hall–Kier alpha value is -0.900. The zero-order chi connectivity index (χ0) is 15.5. The van der Waals surface area contributed by atoms with Crippen molar-refractivity contribution in [3.63, 3.8) is 0 Å². The summed E-state index contributed by atoms with van der Waals surface area (Å²) in [4.78, 5) is 0. The van der Waals surface area contributed by atoms with E-state index in [9.17, 15) is 5.11 Å². The first-order valence-electron chi connectivity index (χ1n) is 8.18. The highest BCUT2D eigenvalue weighted by Crippen LogP contribution is 2.21. The van der Waals surface area contributed by atoms with Gasteiger partial charge in [-0.05, 0) is 57.3 Å². The van der Waals surface area contributed by atoms with E-state index < -0.39 is 0 Å². The summed E-state index contributed by atoms with van der Waals surface area (Å²) < 4.78 is 5.51. The lowest BCUT2D eigenvalue weighted by molar-refractivity contribution is 0.128. The van der Waals surface area contributed by atoms with Gasteiger partial charge in [-0.1, -0.05) is 37.1 Å². The second-order valence-corrected chi connectivity index (χ2v) is 5.73. The van der Waals surface area contributed by atoms with Crippen molar-refractivity contribution in [3.8, 4) is 0 Å². The minimum Gasteiger partial charge on any atom is -0.388 e. The van der Waals surface area contributed by atoms with Crippen LogP contribution in [0.1, 0.15) is 55.4 Å². The van der Waals surface area contributed by atoms with Crippen LogP contribution in [-0.4, -0.2) is 31.4 Å². The summed E-state index contributed by atoms with van der Waals surface area (Å²) in [5, 5.41) is 13.6. The molecular weight excluding hydrogens is 262 g/mol. The lowest BCUT2D eigenvalue weighted by Gasteiger charge is -2.15. The van der Waals surface area contributed by atoms with Crippen LogP contribution < -0.4 is 5.32 Å². The van der Waals surface area contributed by atoms with E-state index in [1.54, 1.807) is 0 Å². The van der Waals surface area contributed by atoms with E-state index in [0.717, 1.165) is 56.7 Å². The highest BCUT2D eigenvalue weighted by atomic mass is 16.5. The van der Waals surface area contributed by atoms with Gasteiger partial charge in [-0.2, -0.15) is 0 Å². The molecule has 1 unspecified atom stereocenters. The molecule has 0 aromatic heterocycles. The number of aryl methyl sites for hydroxylation is 2. The van der Waals surface area contributed by atoms with Gasteiger partial charge in [0.15, 0.2) is 0 Å². The molecule has 0 heterocycles. The summed E-state index contributed by atoms with van der Waals surface area (Å²) >= 11 is 0. The van der Waals surface area contributed by atoms with Crippen molar-refractivity contribution in [1.82, 2.24) is 5.32 Å². The number of rotatable bonds is 11. The Morgan fingerprint density at radius 3 is 2.67 bits per heavy atom. The van der Waals surface area contributed by atoms with Crippen molar-refractivity contribution in [2.24, 2.45) is 0 Å². The Morgan fingerprint density at radius 2 is 1.90 bits per heavy atom. The quantitative estimate of drug-likeness (QED) is 0.613. The Bertz CT molecular complexity index is 393. The molecular formula is C18H31NO2. The summed E-state index contributed by atoms with van der Waals surface area (Å²) in [7, 11) is 0. The van der Waals surface area contributed by atoms with Crippen LogP contribution in [0.25, 0.3) is 0 Å². The minimum absolute atomic E-state index is 0.377. The fraction of sp³-hybridized carbons (Fsp3) is 0.667. The molecule has 0 aliphatic rings.